The van der Waals surface area contributed by atoms with Gasteiger partial charge in [-0.15, -0.1) is 4.79 Å². The lowest BCUT2D eigenvalue weighted by molar-refractivity contribution is -0.137. The highest BCUT2D eigenvalue weighted by Crippen LogP contribution is 2.28. The minimum absolute atomic E-state index is 0.114. The average Bonchev–Trinajstić information content (AvgIpc) is 2.03. The van der Waals surface area contributed by atoms with E-state index in [4.69, 9.17) is 0 Å². The Balaban J connectivity index is 3.00. The molecule has 0 heterocycles. The SMILES string of the molecule is O=[C+]c1ccc(C(F)(F)F)cc1. The Morgan fingerprint density at radius 2 is 1.58 bits per heavy atom. The van der Waals surface area contributed by atoms with E-state index in [0.29, 0.717) is 0 Å². The maximum absolute atomic E-state index is 11.9. The summed E-state index contributed by atoms with van der Waals surface area (Å²) in [7, 11) is 0. The van der Waals surface area contributed by atoms with Gasteiger partial charge in [-0.05, 0) is 0 Å². The van der Waals surface area contributed by atoms with Gasteiger partial charge in [-0.25, -0.2) is 0 Å². The summed E-state index contributed by atoms with van der Waals surface area (Å²) in [6.07, 6.45) is -2.86. The molecule has 0 N–H and O–H groups in total. The van der Waals surface area contributed by atoms with Crippen LogP contribution in [0.15, 0.2) is 24.3 Å². The first-order chi connectivity index (χ1) is 5.54. The molecule has 0 atom stereocenters. The molecule has 12 heavy (non-hydrogen) atoms. The number of carbonyl (C=O) groups excluding carboxylic acids is 1. The number of rotatable bonds is 1. The van der Waals surface area contributed by atoms with Crippen LogP contribution in [0.1, 0.15) is 11.1 Å². The fraction of sp³-hybridized carbons (Fsp3) is 0.125. The molecule has 1 nitrogen and oxygen atoms in total. The van der Waals surface area contributed by atoms with Gasteiger partial charge in [-0.1, -0.05) is 0 Å². The molecule has 0 unspecified atom stereocenters. The largest absolute Gasteiger partial charge is 0.418 e. The molecule has 1 aromatic carbocycles. The Kier molecular flexibility index (Phi) is 2.11. The first-order valence-electron chi connectivity index (χ1n) is 3.09. The second-order valence-electron chi connectivity index (χ2n) is 2.18. The third kappa shape index (κ3) is 1.80. The van der Waals surface area contributed by atoms with Crippen LogP contribution in [0.2, 0.25) is 0 Å². The van der Waals surface area contributed by atoms with Crippen LogP contribution in [0.3, 0.4) is 0 Å². The Labute approximate surface area is 66.8 Å². The predicted molar refractivity (Wildman–Crippen MR) is 36.2 cm³/mol. The van der Waals surface area contributed by atoms with Gasteiger partial charge in [0.15, 0.2) is 0 Å². The normalized spacial score (nSPS) is 10.9. The van der Waals surface area contributed by atoms with Gasteiger partial charge in [0, 0.05) is 12.1 Å². The molecule has 0 aliphatic carbocycles. The zero-order chi connectivity index (χ0) is 9.19. The Hall–Kier alpha value is -1.41. The summed E-state index contributed by atoms with van der Waals surface area (Å²) in [5, 5.41) is 0. The van der Waals surface area contributed by atoms with Gasteiger partial charge in [0.05, 0.1) is 17.7 Å². The van der Waals surface area contributed by atoms with Crippen molar-refractivity contribution in [1.29, 1.82) is 0 Å². The van der Waals surface area contributed by atoms with E-state index in [0.717, 1.165) is 24.3 Å². The number of benzene rings is 1. The minimum atomic E-state index is -4.35. The summed E-state index contributed by atoms with van der Waals surface area (Å²) >= 11 is 0. The quantitative estimate of drug-likeness (QED) is 0.594. The van der Waals surface area contributed by atoms with E-state index >= 15 is 0 Å². The molecule has 0 aromatic heterocycles. The van der Waals surface area contributed by atoms with E-state index in [1.807, 2.05) is 0 Å². The molecule has 0 radical (unpaired) electrons. The molecular formula is C8H4F3O+. The minimum Gasteiger partial charge on any atom is -0.166 e. The van der Waals surface area contributed by atoms with Gasteiger partial charge < -0.3 is 0 Å². The molecular weight excluding hydrogens is 169 g/mol. The molecule has 0 spiro atoms. The molecule has 1 rings (SSSR count). The third-order valence-electron chi connectivity index (χ3n) is 1.33. The molecule has 0 saturated carbocycles. The fourth-order valence-corrected chi connectivity index (χ4v) is 0.727. The van der Waals surface area contributed by atoms with Crippen LogP contribution in [0.25, 0.3) is 0 Å². The summed E-state index contributed by atoms with van der Waals surface area (Å²) in [5.41, 5.74) is -0.649. The van der Waals surface area contributed by atoms with Crippen LogP contribution in [0, 0.1) is 0 Å². The first kappa shape index (κ1) is 8.68. The first-order valence-corrected chi connectivity index (χ1v) is 3.09. The van der Waals surface area contributed by atoms with Crippen molar-refractivity contribution in [3.8, 4) is 0 Å². The summed E-state index contributed by atoms with van der Waals surface area (Å²) < 4.78 is 35.8. The average molecular weight is 173 g/mol. The predicted octanol–water partition coefficient (Wildman–Crippen LogP) is 2.16. The van der Waals surface area contributed by atoms with Crippen molar-refractivity contribution in [2.75, 3.05) is 0 Å². The van der Waals surface area contributed by atoms with Crippen molar-refractivity contribution in [3.05, 3.63) is 35.4 Å². The lowest BCUT2D eigenvalue weighted by Crippen LogP contribution is -2.04. The molecule has 0 bridgehead atoms. The van der Waals surface area contributed by atoms with Crippen LogP contribution in [-0.2, 0) is 11.0 Å². The van der Waals surface area contributed by atoms with E-state index in [2.05, 4.69) is 0 Å². The molecule has 0 aliphatic rings. The molecule has 0 saturated heterocycles. The Morgan fingerprint density at radius 1 is 1.08 bits per heavy atom. The van der Waals surface area contributed by atoms with Crippen LogP contribution in [-0.4, -0.2) is 6.29 Å². The van der Waals surface area contributed by atoms with Crippen molar-refractivity contribution < 1.29 is 18.0 Å². The van der Waals surface area contributed by atoms with Crippen molar-refractivity contribution in [1.82, 2.24) is 0 Å². The van der Waals surface area contributed by atoms with Gasteiger partial charge in [-0.2, -0.15) is 13.2 Å². The Morgan fingerprint density at radius 3 is 1.92 bits per heavy atom. The van der Waals surface area contributed by atoms with Gasteiger partial charge in [0.25, 0.3) is 0 Å². The lowest BCUT2D eigenvalue weighted by atomic mass is 10.1. The number of hydrogen-bond acceptors (Lipinski definition) is 1. The monoisotopic (exact) mass is 173 g/mol. The van der Waals surface area contributed by atoms with E-state index in [1.54, 1.807) is 0 Å². The summed E-state index contributed by atoms with van der Waals surface area (Å²) in [4.78, 5) is 9.96. The number of alkyl halides is 3. The number of halogens is 3. The lowest BCUT2D eigenvalue weighted by Gasteiger charge is -2.02. The second-order valence-corrected chi connectivity index (χ2v) is 2.18. The summed E-state index contributed by atoms with van der Waals surface area (Å²) in [6, 6.07) is 3.85. The zero-order valence-corrected chi connectivity index (χ0v) is 5.85. The smallest absolute Gasteiger partial charge is 0.166 e. The van der Waals surface area contributed by atoms with Crippen molar-refractivity contribution in [3.63, 3.8) is 0 Å². The van der Waals surface area contributed by atoms with E-state index in [9.17, 15) is 18.0 Å². The maximum atomic E-state index is 11.9. The maximum Gasteiger partial charge on any atom is 0.418 e. The highest BCUT2D eigenvalue weighted by molar-refractivity contribution is 5.75. The molecule has 1 aromatic rings. The number of hydrogen-bond donors (Lipinski definition) is 0. The van der Waals surface area contributed by atoms with E-state index in [-0.39, 0.29) is 5.56 Å². The highest BCUT2D eigenvalue weighted by Gasteiger charge is 2.31. The molecule has 0 amide bonds. The van der Waals surface area contributed by atoms with Crippen molar-refractivity contribution in [2.24, 2.45) is 0 Å². The molecule has 0 fully saturated rings. The van der Waals surface area contributed by atoms with Crippen LogP contribution >= 0.6 is 0 Å². The topological polar surface area (TPSA) is 17.1 Å². The van der Waals surface area contributed by atoms with Crippen LogP contribution in [0.4, 0.5) is 13.2 Å². The van der Waals surface area contributed by atoms with Gasteiger partial charge in [0.2, 0.25) is 5.56 Å². The van der Waals surface area contributed by atoms with Gasteiger partial charge in [-0.3, -0.25) is 0 Å². The van der Waals surface area contributed by atoms with E-state index < -0.39 is 11.7 Å². The molecule has 62 valence electrons. The van der Waals surface area contributed by atoms with Crippen molar-refractivity contribution >= 4 is 6.29 Å². The Bertz CT molecular complexity index is 273. The standard InChI is InChI=1S/C8H4F3O/c9-8(10,11)7-3-1-6(5-12)2-4-7/h1-4H/q+1. The summed E-state index contributed by atoms with van der Waals surface area (Å²) in [6.45, 7) is 0. The van der Waals surface area contributed by atoms with Crippen molar-refractivity contribution in [2.45, 2.75) is 6.18 Å². The van der Waals surface area contributed by atoms with E-state index in [1.165, 1.54) is 6.29 Å². The van der Waals surface area contributed by atoms with Crippen LogP contribution in [0.5, 0.6) is 0 Å². The van der Waals surface area contributed by atoms with Crippen LogP contribution < -0.4 is 0 Å². The summed E-state index contributed by atoms with van der Waals surface area (Å²) in [5.74, 6) is 0. The highest BCUT2D eigenvalue weighted by atomic mass is 19.4. The zero-order valence-electron chi connectivity index (χ0n) is 5.85. The molecule has 0 aliphatic heterocycles. The molecule has 4 heteroatoms. The third-order valence-corrected chi connectivity index (χ3v) is 1.33. The van der Waals surface area contributed by atoms with Gasteiger partial charge >= 0.3 is 12.5 Å². The van der Waals surface area contributed by atoms with Gasteiger partial charge in [0.1, 0.15) is 0 Å². The second kappa shape index (κ2) is 2.91. The fourth-order valence-electron chi connectivity index (χ4n) is 0.727.